The van der Waals surface area contributed by atoms with Crippen molar-refractivity contribution in [2.45, 2.75) is 37.0 Å². The maximum absolute atomic E-state index is 12.4. The number of carbonyl (C=O) groups excluding carboxylic acids is 2. The first-order chi connectivity index (χ1) is 9.09. The summed E-state index contributed by atoms with van der Waals surface area (Å²) in [6.45, 7) is 4.43. The van der Waals surface area contributed by atoms with Gasteiger partial charge < -0.3 is 9.80 Å². The average Bonchev–Trinajstić information content (AvgIpc) is 2.81. The van der Waals surface area contributed by atoms with Crippen LogP contribution in [0.2, 0.25) is 0 Å². The summed E-state index contributed by atoms with van der Waals surface area (Å²) >= 11 is 1.92. The molecule has 4 nitrogen and oxygen atoms in total. The van der Waals surface area contributed by atoms with Crippen molar-refractivity contribution in [2.24, 2.45) is 0 Å². The first-order valence-corrected chi connectivity index (χ1v) is 7.89. The zero-order valence-electron chi connectivity index (χ0n) is 11.6. The van der Waals surface area contributed by atoms with E-state index in [0.717, 1.165) is 25.1 Å². The van der Waals surface area contributed by atoms with Crippen LogP contribution >= 0.6 is 11.8 Å². The van der Waals surface area contributed by atoms with Crippen molar-refractivity contribution in [2.75, 3.05) is 25.9 Å². The molecule has 2 fully saturated rings. The molecule has 106 valence electrons. The summed E-state index contributed by atoms with van der Waals surface area (Å²) in [6.07, 6.45) is 7.14. The van der Waals surface area contributed by atoms with Gasteiger partial charge in [-0.15, -0.1) is 11.8 Å². The lowest BCUT2D eigenvalue weighted by atomic mass is 9.93. The lowest BCUT2D eigenvalue weighted by Crippen LogP contribution is -2.50. The highest BCUT2D eigenvalue weighted by Crippen LogP contribution is 2.46. The predicted molar refractivity (Wildman–Crippen MR) is 77.8 cm³/mol. The normalized spacial score (nSPS) is 21.4. The summed E-state index contributed by atoms with van der Waals surface area (Å²) < 4.78 is 0. The fourth-order valence-electron chi connectivity index (χ4n) is 3.00. The van der Waals surface area contributed by atoms with E-state index >= 15 is 0 Å². The molecule has 19 heavy (non-hydrogen) atoms. The monoisotopic (exact) mass is 282 g/mol. The van der Waals surface area contributed by atoms with Gasteiger partial charge >= 0.3 is 0 Å². The molecule has 0 atom stereocenters. The second kappa shape index (κ2) is 5.99. The number of thioether (sulfide) groups is 1. The highest BCUT2D eigenvalue weighted by Gasteiger charge is 2.44. The number of amides is 2. The highest BCUT2D eigenvalue weighted by atomic mass is 32.2. The molecule has 1 saturated carbocycles. The number of hydrogen-bond donors (Lipinski definition) is 0. The zero-order chi connectivity index (χ0) is 13.9. The summed E-state index contributed by atoms with van der Waals surface area (Å²) in [5.74, 6) is 0.896. The van der Waals surface area contributed by atoms with Crippen molar-refractivity contribution >= 4 is 23.6 Å². The molecular weight excluding hydrogens is 260 g/mol. The topological polar surface area (TPSA) is 40.6 Å². The summed E-state index contributed by atoms with van der Waals surface area (Å²) in [5, 5.41) is 0. The van der Waals surface area contributed by atoms with Gasteiger partial charge in [-0.2, -0.15) is 0 Å². The highest BCUT2D eigenvalue weighted by molar-refractivity contribution is 8.00. The van der Waals surface area contributed by atoms with E-state index in [2.05, 4.69) is 6.58 Å². The van der Waals surface area contributed by atoms with Crippen molar-refractivity contribution in [3.63, 3.8) is 0 Å². The van der Waals surface area contributed by atoms with Crippen molar-refractivity contribution < 1.29 is 9.59 Å². The van der Waals surface area contributed by atoms with E-state index in [4.69, 9.17) is 0 Å². The van der Waals surface area contributed by atoms with Crippen LogP contribution < -0.4 is 0 Å². The number of nitrogens with zero attached hydrogens (tertiary/aromatic N) is 2. The number of hydrogen-bond acceptors (Lipinski definition) is 3. The smallest absolute Gasteiger partial charge is 0.246 e. The maximum Gasteiger partial charge on any atom is 0.246 e. The van der Waals surface area contributed by atoms with Crippen LogP contribution in [0.1, 0.15) is 32.1 Å². The van der Waals surface area contributed by atoms with Gasteiger partial charge in [0.25, 0.3) is 0 Å². The van der Waals surface area contributed by atoms with Gasteiger partial charge in [-0.1, -0.05) is 25.8 Å². The second-order valence-electron chi connectivity index (χ2n) is 5.30. The molecule has 2 rings (SSSR count). The van der Waals surface area contributed by atoms with Gasteiger partial charge in [-0.05, 0) is 18.9 Å². The Balaban J connectivity index is 2.01. The summed E-state index contributed by atoms with van der Waals surface area (Å²) in [4.78, 5) is 27.4. The summed E-state index contributed by atoms with van der Waals surface area (Å²) in [6, 6.07) is 0. The molecule has 5 heteroatoms. The number of rotatable bonds is 3. The van der Waals surface area contributed by atoms with Gasteiger partial charge in [0.15, 0.2) is 0 Å². The van der Waals surface area contributed by atoms with Crippen molar-refractivity contribution in [3.8, 4) is 0 Å². The Morgan fingerprint density at radius 2 is 2.05 bits per heavy atom. The van der Waals surface area contributed by atoms with Crippen molar-refractivity contribution in [1.29, 1.82) is 0 Å². The number of likely N-dealkylation sites (N-methyl/N-ethyl adjacent to an activating group) is 1. The minimum Gasteiger partial charge on any atom is -0.333 e. The van der Waals surface area contributed by atoms with Crippen LogP contribution in [-0.2, 0) is 9.59 Å². The largest absolute Gasteiger partial charge is 0.333 e. The minimum absolute atomic E-state index is 0.0212. The summed E-state index contributed by atoms with van der Waals surface area (Å²) in [7, 11) is 1.65. The molecular formula is C14H22N2O2S. The van der Waals surface area contributed by atoms with Gasteiger partial charge in [-0.25, -0.2) is 0 Å². The molecule has 0 N–H and O–H groups in total. The van der Waals surface area contributed by atoms with E-state index in [1.807, 2.05) is 16.7 Å². The molecule has 1 spiro atoms. The van der Waals surface area contributed by atoms with Gasteiger partial charge in [0.2, 0.25) is 11.8 Å². The Kier molecular flexibility index (Phi) is 4.55. The van der Waals surface area contributed by atoms with Gasteiger partial charge in [0, 0.05) is 19.3 Å². The SMILES string of the molecule is C=CC(=O)N(C)CC(=O)N1CCSC12CCCCC2. The Labute approximate surface area is 119 Å². The van der Waals surface area contributed by atoms with Crippen LogP contribution in [0, 0.1) is 0 Å². The summed E-state index contributed by atoms with van der Waals surface area (Å²) in [5.41, 5.74) is 0. The quantitative estimate of drug-likeness (QED) is 0.742. The Hall–Kier alpha value is -0.970. The van der Waals surface area contributed by atoms with Crippen LogP contribution in [0.5, 0.6) is 0 Å². The fourth-order valence-corrected chi connectivity index (χ4v) is 4.58. The lowest BCUT2D eigenvalue weighted by molar-refractivity contribution is -0.139. The Morgan fingerprint density at radius 3 is 2.68 bits per heavy atom. The molecule has 2 amide bonds. The molecule has 1 aliphatic carbocycles. The van der Waals surface area contributed by atoms with Crippen LogP contribution in [0.15, 0.2) is 12.7 Å². The van der Waals surface area contributed by atoms with E-state index in [1.54, 1.807) is 7.05 Å². The molecule has 0 radical (unpaired) electrons. The molecule has 1 heterocycles. The van der Waals surface area contributed by atoms with Crippen molar-refractivity contribution in [3.05, 3.63) is 12.7 Å². The molecule has 1 saturated heterocycles. The van der Waals surface area contributed by atoms with Crippen molar-refractivity contribution in [1.82, 2.24) is 9.80 Å². The third-order valence-corrected chi connectivity index (χ3v) is 5.59. The predicted octanol–water partition coefficient (Wildman–Crippen LogP) is 1.87. The molecule has 0 aromatic rings. The van der Waals surface area contributed by atoms with Gasteiger partial charge in [0.1, 0.15) is 0 Å². The minimum atomic E-state index is -0.196. The molecule has 0 aromatic heterocycles. The van der Waals surface area contributed by atoms with Crippen LogP contribution in [0.25, 0.3) is 0 Å². The molecule has 0 unspecified atom stereocenters. The van der Waals surface area contributed by atoms with E-state index < -0.39 is 0 Å². The zero-order valence-corrected chi connectivity index (χ0v) is 12.4. The third-order valence-electron chi connectivity index (χ3n) is 4.04. The Morgan fingerprint density at radius 1 is 1.37 bits per heavy atom. The number of carbonyl (C=O) groups is 2. The van der Waals surface area contributed by atoms with E-state index in [9.17, 15) is 9.59 Å². The lowest BCUT2D eigenvalue weighted by Gasteiger charge is -2.41. The van der Waals surface area contributed by atoms with E-state index in [-0.39, 0.29) is 23.2 Å². The molecule has 0 bridgehead atoms. The molecule has 2 aliphatic rings. The van der Waals surface area contributed by atoms with Crippen LogP contribution in [-0.4, -0.2) is 52.4 Å². The van der Waals surface area contributed by atoms with Crippen LogP contribution in [0.3, 0.4) is 0 Å². The second-order valence-corrected chi connectivity index (χ2v) is 6.76. The fraction of sp³-hybridized carbons (Fsp3) is 0.714. The van der Waals surface area contributed by atoms with Gasteiger partial charge in [-0.3, -0.25) is 9.59 Å². The first kappa shape index (κ1) is 14.4. The molecule has 1 aliphatic heterocycles. The molecule has 0 aromatic carbocycles. The average molecular weight is 282 g/mol. The first-order valence-electron chi connectivity index (χ1n) is 6.91. The van der Waals surface area contributed by atoms with E-state index in [1.165, 1.54) is 30.2 Å². The maximum atomic E-state index is 12.4. The standard InChI is InChI=1S/C14H22N2O2S/c1-3-12(17)15(2)11-13(18)16-9-10-19-14(16)7-5-4-6-8-14/h3H,1,4-11H2,2H3. The van der Waals surface area contributed by atoms with Gasteiger partial charge in [0.05, 0.1) is 11.4 Å². The Bertz CT molecular complexity index is 378. The van der Waals surface area contributed by atoms with E-state index in [0.29, 0.717) is 0 Å². The van der Waals surface area contributed by atoms with Crippen LogP contribution in [0.4, 0.5) is 0 Å². The third kappa shape index (κ3) is 2.96.